The second-order valence-corrected chi connectivity index (χ2v) is 8.53. The zero-order chi connectivity index (χ0) is 22.9. The first kappa shape index (κ1) is 20.8. The molecule has 5 rings (SSSR count). The minimum absolute atomic E-state index is 0.200. The smallest absolute Gasteiger partial charge is 0.271 e. The molecule has 0 saturated carbocycles. The van der Waals surface area contributed by atoms with Crippen LogP contribution in [-0.2, 0) is 11.3 Å². The van der Waals surface area contributed by atoms with Crippen molar-refractivity contribution in [3.05, 3.63) is 94.9 Å². The highest BCUT2D eigenvalue weighted by molar-refractivity contribution is 7.22. The number of hydrogen-bond acceptors (Lipinski definition) is 5. The van der Waals surface area contributed by atoms with Gasteiger partial charge in [-0.1, -0.05) is 30.3 Å². The number of fused-ring (bicyclic) bond motifs is 1. The van der Waals surface area contributed by atoms with E-state index < -0.39 is 5.91 Å². The van der Waals surface area contributed by atoms with Gasteiger partial charge in [0, 0.05) is 10.9 Å². The Bertz CT molecular complexity index is 1520. The van der Waals surface area contributed by atoms with Crippen LogP contribution in [0.5, 0.6) is 0 Å². The van der Waals surface area contributed by atoms with Crippen LogP contribution in [0.2, 0.25) is 0 Å². The minimum atomic E-state index is -0.402. The fraction of sp³-hybridized carbons (Fsp3) is 0.0833. The number of benzene rings is 2. The lowest BCUT2D eigenvalue weighted by Crippen LogP contribution is -2.28. The van der Waals surface area contributed by atoms with Crippen LogP contribution in [0.15, 0.2) is 77.9 Å². The first-order chi connectivity index (χ1) is 16.0. The predicted octanol–water partition coefficient (Wildman–Crippen LogP) is 4.40. The van der Waals surface area contributed by atoms with Crippen molar-refractivity contribution in [3.8, 4) is 16.1 Å². The molecule has 9 heteroatoms. The summed E-state index contributed by atoms with van der Waals surface area (Å²) in [7, 11) is 0. The van der Waals surface area contributed by atoms with Gasteiger partial charge in [-0.05, 0) is 42.8 Å². The SMILES string of the molecule is Cc1cc(NC(=O)Cn2cnc3cc(-c4ccccc4)sc3c2=O)n(-c2ccc(F)cc2)n1. The van der Waals surface area contributed by atoms with E-state index in [1.165, 1.54) is 39.0 Å². The summed E-state index contributed by atoms with van der Waals surface area (Å²) in [6, 6.07) is 19.1. The van der Waals surface area contributed by atoms with Gasteiger partial charge < -0.3 is 5.32 Å². The number of carbonyl (C=O) groups excluding carboxylic acids is 1. The molecule has 1 N–H and O–H groups in total. The van der Waals surface area contributed by atoms with Gasteiger partial charge in [0.25, 0.3) is 5.56 Å². The van der Waals surface area contributed by atoms with Crippen molar-refractivity contribution in [3.63, 3.8) is 0 Å². The van der Waals surface area contributed by atoms with Gasteiger partial charge in [-0.2, -0.15) is 5.10 Å². The summed E-state index contributed by atoms with van der Waals surface area (Å²) in [5.74, 6) is -0.338. The first-order valence-electron chi connectivity index (χ1n) is 10.1. The Hall–Kier alpha value is -4.11. The van der Waals surface area contributed by atoms with Crippen molar-refractivity contribution in [2.24, 2.45) is 0 Å². The Morgan fingerprint density at radius 1 is 1.09 bits per heavy atom. The highest BCUT2D eigenvalue weighted by atomic mass is 32.1. The largest absolute Gasteiger partial charge is 0.309 e. The second-order valence-electron chi connectivity index (χ2n) is 7.48. The van der Waals surface area contributed by atoms with E-state index in [1.807, 2.05) is 36.4 Å². The highest BCUT2D eigenvalue weighted by Crippen LogP contribution is 2.30. The van der Waals surface area contributed by atoms with Crippen LogP contribution >= 0.6 is 11.3 Å². The molecule has 0 fully saturated rings. The number of carbonyl (C=O) groups is 1. The van der Waals surface area contributed by atoms with Gasteiger partial charge in [0.1, 0.15) is 22.9 Å². The van der Waals surface area contributed by atoms with Crippen LogP contribution in [0.4, 0.5) is 10.2 Å². The summed E-state index contributed by atoms with van der Waals surface area (Å²) >= 11 is 1.35. The summed E-state index contributed by atoms with van der Waals surface area (Å²) < 4.78 is 16.6. The van der Waals surface area contributed by atoms with Gasteiger partial charge in [0.05, 0.1) is 23.2 Å². The number of nitrogens with one attached hydrogen (secondary N) is 1. The van der Waals surface area contributed by atoms with Gasteiger partial charge in [-0.3, -0.25) is 14.2 Å². The number of hydrogen-bond donors (Lipinski definition) is 1. The van der Waals surface area contributed by atoms with E-state index in [9.17, 15) is 14.0 Å². The molecule has 164 valence electrons. The van der Waals surface area contributed by atoms with E-state index in [0.29, 0.717) is 27.4 Å². The molecular formula is C24H18FN5O2S. The lowest BCUT2D eigenvalue weighted by Gasteiger charge is -2.10. The summed E-state index contributed by atoms with van der Waals surface area (Å²) in [5.41, 5.74) is 2.62. The number of thiophene rings is 1. The molecule has 0 aliphatic rings. The van der Waals surface area contributed by atoms with Crippen LogP contribution in [0.3, 0.4) is 0 Å². The van der Waals surface area contributed by atoms with Crippen LogP contribution < -0.4 is 10.9 Å². The van der Waals surface area contributed by atoms with E-state index in [4.69, 9.17) is 0 Å². The van der Waals surface area contributed by atoms with E-state index in [1.54, 1.807) is 25.1 Å². The summed E-state index contributed by atoms with van der Waals surface area (Å²) in [4.78, 5) is 31.0. The third kappa shape index (κ3) is 4.18. The number of nitrogens with zero attached hydrogens (tertiary/aromatic N) is 4. The topological polar surface area (TPSA) is 81.8 Å². The van der Waals surface area contributed by atoms with Gasteiger partial charge in [0.15, 0.2) is 0 Å². The molecule has 0 atom stereocenters. The molecular weight excluding hydrogens is 441 g/mol. The number of aryl methyl sites for hydroxylation is 1. The zero-order valence-electron chi connectivity index (χ0n) is 17.5. The van der Waals surface area contributed by atoms with Gasteiger partial charge in [0.2, 0.25) is 5.91 Å². The van der Waals surface area contributed by atoms with Gasteiger partial charge in [-0.25, -0.2) is 14.1 Å². The van der Waals surface area contributed by atoms with E-state index in [0.717, 1.165) is 10.4 Å². The molecule has 0 radical (unpaired) electrons. The summed E-state index contributed by atoms with van der Waals surface area (Å²) in [6.45, 7) is 1.59. The second kappa shape index (κ2) is 8.44. The van der Waals surface area contributed by atoms with E-state index in [2.05, 4.69) is 15.4 Å². The molecule has 3 aromatic heterocycles. The van der Waals surface area contributed by atoms with Crippen LogP contribution in [0.25, 0.3) is 26.3 Å². The van der Waals surface area contributed by atoms with E-state index >= 15 is 0 Å². The molecule has 7 nitrogen and oxygen atoms in total. The lowest BCUT2D eigenvalue weighted by atomic mass is 10.2. The van der Waals surface area contributed by atoms with Crippen LogP contribution in [0, 0.1) is 12.7 Å². The summed E-state index contributed by atoms with van der Waals surface area (Å²) in [6.07, 6.45) is 1.38. The number of aromatic nitrogens is 4. The zero-order valence-corrected chi connectivity index (χ0v) is 18.3. The highest BCUT2D eigenvalue weighted by Gasteiger charge is 2.15. The fourth-order valence-electron chi connectivity index (χ4n) is 3.51. The van der Waals surface area contributed by atoms with Crippen molar-refractivity contribution in [2.45, 2.75) is 13.5 Å². The third-order valence-corrected chi connectivity index (χ3v) is 6.21. The van der Waals surface area contributed by atoms with Crippen molar-refractivity contribution >= 4 is 33.3 Å². The Labute approximate surface area is 191 Å². The standard InChI is InChI=1S/C24H18FN5O2S/c1-15-11-21(30(28-15)18-9-7-17(25)8-10-18)27-22(31)13-29-14-26-19-12-20(33-23(19)24(29)32)16-5-3-2-4-6-16/h2-12,14H,13H2,1H3,(H,27,31). The van der Waals surface area contributed by atoms with Crippen molar-refractivity contribution < 1.29 is 9.18 Å². The quantitative estimate of drug-likeness (QED) is 0.423. The van der Waals surface area contributed by atoms with Gasteiger partial charge >= 0.3 is 0 Å². The normalized spacial score (nSPS) is 11.1. The molecule has 0 spiro atoms. The average molecular weight is 460 g/mol. The maximum atomic E-state index is 13.3. The lowest BCUT2D eigenvalue weighted by molar-refractivity contribution is -0.116. The molecule has 0 unspecified atom stereocenters. The maximum Gasteiger partial charge on any atom is 0.271 e. The van der Waals surface area contributed by atoms with Crippen LogP contribution in [-0.4, -0.2) is 25.2 Å². The molecule has 3 heterocycles. The Balaban J connectivity index is 1.39. The Morgan fingerprint density at radius 3 is 2.61 bits per heavy atom. The van der Waals surface area contributed by atoms with Crippen molar-refractivity contribution in [1.82, 2.24) is 19.3 Å². The number of rotatable bonds is 5. The number of amides is 1. The summed E-state index contributed by atoms with van der Waals surface area (Å²) in [5, 5.41) is 7.14. The molecule has 0 aliphatic carbocycles. The molecule has 1 amide bonds. The Kier molecular flexibility index (Phi) is 5.31. The number of halogens is 1. The fourth-order valence-corrected chi connectivity index (χ4v) is 4.57. The minimum Gasteiger partial charge on any atom is -0.309 e. The molecule has 0 bridgehead atoms. The van der Waals surface area contributed by atoms with Gasteiger partial charge in [-0.15, -0.1) is 11.3 Å². The first-order valence-corrected chi connectivity index (χ1v) is 11.0. The maximum absolute atomic E-state index is 13.3. The van der Waals surface area contributed by atoms with Crippen LogP contribution in [0.1, 0.15) is 5.69 Å². The molecule has 0 aliphatic heterocycles. The Morgan fingerprint density at radius 2 is 1.85 bits per heavy atom. The number of anilines is 1. The van der Waals surface area contributed by atoms with Crippen molar-refractivity contribution in [1.29, 1.82) is 0 Å². The molecule has 2 aromatic carbocycles. The molecule has 33 heavy (non-hydrogen) atoms. The predicted molar refractivity (Wildman–Crippen MR) is 126 cm³/mol. The average Bonchev–Trinajstić information content (AvgIpc) is 3.41. The molecule has 0 saturated heterocycles. The third-order valence-electron chi connectivity index (χ3n) is 5.05. The van der Waals surface area contributed by atoms with Crippen molar-refractivity contribution in [2.75, 3.05) is 5.32 Å². The van der Waals surface area contributed by atoms with E-state index in [-0.39, 0.29) is 17.9 Å². The monoisotopic (exact) mass is 459 g/mol. The molecule has 5 aromatic rings.